The molecular formula is C25H33N3O. The van der Waals surface area contributed by atoms with Crippen LogP contribution < -0.4 is 5.32 Å². The van der Waals surface area contributed by atoms with Crippen LogP contribution in [0.1, 0.15) is 32.3 Å². The second kappa shape index (κ2) is 9.84. The van der Waals surface area contributed by atoms with E-state index in [0.29, 0.717) is 12.5 Å². The van der Waals surface area contributed by atoms with Gasteiger partial charge in [0.1, 0.15) is 0 Å². The van der Waals surface area contributed by atoms with E-state index in [-0.39, 0.29) is 5.91 Å². The molecule has 29 heavy (non-hydrogen) atoms. The predicted octanol–water partition coefficient (Wildman–Crippen LogP) is 4.33. The van der Waals surface area contributed by atoms with Crippen LogP contribution in [0.2, 0.25) is 0 Å². The molecule has 0 radical (unpaired) electrons. The number of carbonyl (C=O) groups is 1. The summed E-state index contributed by atoms with van der Waals surface area (Å²) in [7, 11) is 0. The molecular weight excluding hydrogens is 358 g/mol. The number of amides is 1. The van der Waals surface area contributed by atoms with Gasteiger partial charge in [-0.05, 0) is 48.9 Å². The lowest BCUT2D eigenvalue weighted by atomic mass is 9.73. The standard InChI is InChI=1S/C25H33N3O/c1-4-13-27-24(29)25(12-8-15-28(19-25)18-20(2)3)16-21-9-5-6-11-23(21)22-10-7-14-26-17-22/h4-7,9-11,14,17,20H,1,8,12-13,15-16,18-19H2,2-3H3,(H,27,29)/t25-/m0/s1. The van der Waals surface area contributed by atoms with Crippen molar-refractivity contribution in [3.63, 3.8) is 0 Å². The van der Waals surface area contributed by atoms with Gasteiger partial charge in [-0.3, -0.25) is 9.78 Å². The number of benzene rings is 1. The third-order valence-electron chi connectivity index (χ3n) is 5.69. The zero-order valence-electron chi connectivity index (χ0n) is 17.7. The first-order valence-corrected chi connectivity index (χ1v) is 10.6. The molecule has 4 heteroatoms. The van der Waals surface area contributed by atoms with Gasteiger partial charge in [-0.1, -0.05) is 50.3 Å². The van der Waals surface area contributed by atoms with Crippen molar-refractivity contribution in [1.29, 1.82) is 0 Å². The van der Waals surface area contributed by atoms with Crippen molar-refractivity contribution in [2.24, 2.45) is 11.3 Å². The summed E-state index contributed by atoms with van der Waals surface area (Å²) in [5.41, 5.74) is 3.05. The van der Waals surface area contributed by atoms with Crippen LogP contribution in [0.4, 0.5) is 0 Å². The summed E-state index contributed by atoms with van der Waals surface area (Å²) in [6.07, 6.45) is 8.13. The Morgan fingerprint density at radius 3 is 2.86 bits per heavy atom. The summed E-state index contributed by atoms with van der Waals surface area (Å²) in [6.45, 7) is 11.7. The van der Waals surface area contributed by atoms with Gasteiger partial charge in [-0.25, -0.2) is 0 Å². The molecule has 0 unspecified atom stereocenters. The molecule has 1 aliphatic heterocycles. The highest BCUT2D eigenvalue weighted by Gasteiger charge is 2.42. The van der Waals surface area contributed by atoms with Gasteiger partial charge < -0.3 is 10.2 Å². The van der Waals surface area contributed by atoms with E-state index >= 15 is 0 Å². The van der Waals surface area contributed by atoms with Crippen molar-refractivity contribution < 1.29 is 4.79 Å². The highest BCUT2D eigenvalue weighted by Crippen LogP contribution is 2.37. The fourth-order valence-electron chi connectivity index (χ4n) is 4.50. The fourth-order valence-corrected chi connectivity index (χ4v) is 4.50. The largest absolute Gasteiger partial charge is 0.352 e. The van der Waals surface area contributed by atoms with Gasteiger partial charge in [0.05, 0.1) is 5.41 Å². The first-order valence-electron chi connectivity index (χ1n) is 10.6. The molecule has 1 aromatic carbocycles. The molecule has 3 rings (SSSR count). The molecule has 1 aromatic heterocycles. The Balaban J connectivity index is 1.94. The van der Waals surface area contributed by atoms with Crippen LogP contribution in [-0.4, -0.2) is 42.0 Å². The van der Waals surface area contributed by atoms with Crippen LogP contribution in [0.3, 0.4) is 0 Å². The van der Waals surface area contributed by atoms with Crippen molar-refractivity contribution in [3.05, 3.63) is 67.0 Å². The lowest BCUT2D eigenvalue weighted by Crippen LogP contribution is -2.53. The Morgan fingerprint density at radius 2 is 2.14 bits per heavy atom. The SMILES string of the molecule is C=CCNC(=O)[C@]1(Cc2ccccc2-c2cccnc2)CCCN(CC(C)C)C1. The van der Waals surface area contributed by atoms with Crippen LogP contribution in [-0.2, 0) is 11.2 Å². The summed E-state index contributed by atoms with van der Waals surface area (Å²) in [5, 5.41) is 3.10. The number of nitrogens with zero attached hydrogens (tertiary/aromatic N) is 2. The van der Waals surface area contributed by atoms with Gasteiger partial charge in [0.2, 0.25) is 5.91 Å². The van der Waals surface area contributed by atoms with Gasteiger partial charge in [-0.15, -0.1) is 6.58 Å². The molecule has 1 atom stereocenters. The zero-order valence-corrected chi connectivity index (χ0v) is 17.7. The highest BCUT2D eigenvalue weighted by atomic mass is 16.2. The molecule has 2 aromatic rings. The van der Waals surface area contributed by atoms with E-state index in [1.807, 2.05) is 12.3 Å². The lowest BCUT2D eigenvalue weighted by molar-refractivity contribution is -0.134. The van der Waals surface area contributed by atoms with Gasteiger partial charge in [0.25, 0.3) is 0 Å². The Morgan fingerprint density at radius 1 is 1.31 bits per heavy atom. The zero-order chi connectivity index (χ0) is 20.7. The minimum absolute atomic E-state index is 0.145. The minimum atomic E-state index is -0.422. The van der Waals surface area contributed by atoms with E-state index in [1.54, 1.807) is 12.3 Å². The lowest BCUT2D eigenvalue weighted by Gasteiger charge is -2.42. The smallest absolute Gasteiger partial charge is 0.228 e. The number of hydrogen-bond acceptors (Lipinski definition) is 3. The maximum Gasteiger partial charge on any atom is 0.228 e. The average molecular weight is 392 g/mol. The number of likely N-dealkylation sites (tertiary alicyclic amines) is 1. The van der Waals surface area contributed by atoms with E-state index in [9.17, 15) is 4.79 Å². The molecule has 0 spiro atoms. The highest BCUT2D eigenvalue weighted by molar-refractivity contribution is 5.84. The number of rotatable bonds is 8. The van der Waals surface area contributed by atoms with Crippen molar-refractivity contribution in [2.45, 2.75) is 33.1 Å². The quantitative estimate of drug-likeness (QED) is 0.681. The molecule has 4 nitrogen and oxygen atoms in total. The van der Waals surface area contributed by atoms with E-state index in [0.717, 1.165) is 50.0 Å². The first-order chi connectivity index (χ1) is 14.0. The Bertz CT molecular complexity index is 818. The molecule has 1 aliphatic rings. The van der Waals surface area contributed by atoms with Gasteiger partial charge in [0.15, 0.2) is 0 Å². The molecule has 1 fully saturated rings. The molecule has 0 saturated carbocycles. The number of hydrogen-bond donors (Lipinski definition) is 1. The summed E-state index contributed by atoms with van der Waals surface area (Å²) in [4.78, 5) is 20.1. The van der Waals surface area contributed by atoms with E-state index < -0.39 is 5.41 Å². The normalized spacial score (nSPS) is 19.8. The monoisotopic (exact) mass is 391 g/mol. The Labute approximate surface area is 175 Å². The molecule has 1 saturated heterocycles. The number of nitrogens with one attached hydrogen (secondary N) is 1. The third kappa shape index (κ3) is 5.33. The maximum atomic E-state index is 13.4. The first kappa shape index (κ1) is 21.3. The van der Waals surface area contributed by atoms with Crippen molar-refractivity contribution >= 4 is 5.91 Å². The summed E-state index contributed by atoms with van der Waals surface area (Å²) >= 11 is 0. The van der Waals surface area contributed by atoms with Crippen molar-refractivity contribution in [1.82, 2.24) is 15.2 Å². The minimum Gasteiger partial charge on any atom is -0.352 e. The Hall–Kier alpha value is -2.46. The van der Waals surface area contributed by atoms with Crippen LogP contribution in [0.5, 0.6) is 0 Å². The maximum absolute atomic E-state index is 13.4. The topological polar surface area (TPSA) is 45.2 Å². The number of aromatic nitrogens is 1. The van der Waals surface area contributed by atoms with Crippen LogP contribution in [0.15, 0.2) is 61.4 Å². The molecule has 154 valence electrons. The fraction of sp³-hybridized carbons (Fsp3) is 0.440. The molecule has 1 amide bonds. The molecule has 2 heterocycles. The average Bonchev–Trinajstić information content (AvgIpc) is 2.72. The predicted molar refractivity (Wildman–Crippen MR) is 120 cm³/mol. The number of carbonyl (C=O) groups excluding carboxylic acids is 1. The molecule has 0 aliphatic carbocycles. The van der Waals surface area contributed by atoms with Gasteiger partial charge in [0, 0.05) is 37.6 Å². The van der Waals surface area contributed by atoms with E-state index in [4.69, 9.17) is 0 Å². The second-order valence-electron chi connectivity index (χ2n) is 8.59. The van der Waals surface area contributed by atoms with Crippen LogP contribution in [0.25, 0.3) is 11.1 Å². The molecule has 0 bridgehead atoms. The summed E-state index contributed by atoms with van der Waals surface area (Å²) < 4.78 is 0. The van der Waals surface area contributed by atoms with E-state index in [1.165, 1.54) is 5.56 Å². The van der Waals surface area contributed by atoms with Crippen LogP contribution in [0, 0.1) is 11.3 Å². The van der Waals surface area contributed by atoms with Gasteiger partial charge in [-0.2, -0.15) is 0 Å². The van der Waals surface area contributed by atoms with Crippen molar-refractivity contribution in [3.8, 4) is 11.1 Å². The number of piperidine rings is 1. The summed E-state index contributed by atoms with van der Waals surface area (Å²) in [5.74, 6) is 0.733. The number of pyridine rings is 1. The van der Waals surface area contributed by atoms with E-state index in [2.05, 4.69) is 66.0 Å². The third-order valence-corrected chi connectivity index (χ3v) is 5.69. The summed E-state index contributed by atoms with van der Waals surface area (Å²) in [6, 6.07) is 12.5. The Kier molecular flexibility index (Phi) is 7.21. The van der Waals surface area contributed by atoms with Crippen molar-refractivity contribution in [2.75, 3.05) is 26.2 Å². The van der Waals surface area contributed by atoms with Gasteiger partial charge >= 0.3 is 0 Å². The van der Waals surface area contributed by atoms with Crippen LogP contribution >= 0.6 is 0 Å². The second-order valence-corrected chi connectivity index (χ2v) is 8.59. The molecule has 1 N–H and O–H groups in total.